The van der Waals surface area contributed by atoms with Gasteiger partial charge in [0, 0.05) is 24.0 Å². The Balaban J connectivity index is 1.80. The van der Waals surface area contributed by atoms with E-state index in [4.69, 9.17) is 16.6 Å². The van der Waals surface area contributed by atoms with E-state index in [2.05, 4.69) is 22.9 Å². The van der Waals surface area contributed by atoms with Crippen LogP contribution in [0.5, 0.6) is 0 Å². The van der Waals surface area contributed by atoms with E-state index in [1.54, 1.807) is 0 Å². The van der Waals surface area contributed by atoms with E-state index in [1.807, 2.05) is 12.1 Å². The van der Waals surface area contributed by atoms with E-state index in [9.17, 15) is 0 Å². The Morgan fingerprint density at radius 2 is 2.29 bits per heavy atom. The molecule has 1 aromatic heterocycles. The summed E-state index contributed by atoms with van der Waals surface area (Å²) >= 11 is 6.10. The number of rotatable bonds is 5. The molecule has 1 unspecified atom stereocenters. The number of piperidine rings is 1. The van der Waals surface area contributed by atoms with Crippen molar-refractivity contribution in [3.8, 4) is 0 Å². The van der Waals surface area contributed by atoms with Crippen molar-refractivity contribution in [1.82, 2.24) is 14.9 Å². The van der Waals surface area contributed by atoms with Crippen molar-refractivity contribution in [3.63, 3.8) is 0 Å². The fourth-order valence-electron chi connectivity index (χ4n) is 3.29. The predicted molar refractivity (Wildman–Crippen MR) is 89.0 cm³/mol. The van der Waals surface area contributed by atoms with Gasteiger partial charge < -0.3 is 9.88 Å². The minimum absolute atomic E-state index is 0.664. The Bertz CT molecular complexity index is 599. The van der Waals surface area contributed by atoms with Gasteiger partial charge in [0.15, 0.2) is 0 Å². The van der Waals surface area contributed by atoms with E-state index in [0.717, 1.165) is 29.9 Å². The second-order valence-electron chi connectivity index (χ2n) is 6.00. The van der Waals surface area contributed by atoms with E-state index in [0.29, 0.717) is 6.04 Å². The molecular formula is C17H24ClN3. The lowest BCUT2D eigenvalue weighted by atomic mass is 10.0. The van der Waals surface area contributed by atoms with E-state index in [1.165, 1.54) is 43.6 Å². The summed E-state index contributed by atoms with van der Waals surface area (Å²) in [5, 5.41) is 4.39. The molecule has 4 heteroatoms. The number of hydrogen-bond donors (Lipinski definition) is 1. The van der Waals surface area contributed by atoms with Gasteiger partial charge in [0.25, 0.3) is 0 Å². The quantitative estimate of drug-likeness (QED) is 0.898. The molecule has 0 aliphatic carbocycles. The summed E-state index contributed by atoms with van der Waals surface area (Å²) in [6, 6.07) is 6.70. The van der Waals surface area contributed by atoms with E-state index < -0.39 is 0 Å². The third kappa shape index (κ3) is 3.41. The minimum atomic E-state index is 0.664. The lowest BCUT2D eigenvalue weighted by Gasteiger charge is -2.23. The Morgan fingerprint density at radius 3 is 3.05 bits per heavy atom. The van der Waals surface area contributed by atoms with Crippen LogP contribution in [-0.4, -0.2) is 22.1 Å². The molecule has 21 heavy (non-hydrogen) atoms. The molecule has 0 saturated carbocycles. The molecule has 3 rings (SSSR count). The highest BCUT2D eigenvalue weighted by Gasteiger charge is 2.15. The third-order valence-electron chi connectivity index (χ3n) is 4.37. The number of aromatic nitrogens is 2. The van der Waals surface area contributed by atoms with Crippen molar-refractivity contribution in [2.24, 2.45) is 0 Å². The van der Waals surface area contributed by atoms with Gasteiger partial charge in [0.05, 0.1) is 11.0 Å². The largest absolute Gasteiger partial charge is 0.328 e. The molecule has 1 saturated heterocycles. The van der Waals surface area contributed by atoms with Crippen LogP contribution in [0.25, 0.3) is 11.0 Å². The first-order valence-electron chi connectivity index (χ1n) is 8.16. The first-order valence-corrected chi connectivity index (χ1v) is 8.54. The van der Waals surface area contributed by atoms with Crippen molar-refractivity contribution in [1.29, 1.82) is 0 Å². The van der Waals surface area contributed by atoms with Crippen LogP contribution in [0.1, 0.15) is 44.9 Å². The summed E-state index contributed by atoms with van der Waals surface area (Å²) in [5.74, 6) is 1.21. The van der Waals surface area contributed by atoms with Crippen LogP contribution < -0.4 is 5.32 Å². The minimum Gasteiger partial charge on any atom is -0.328 e. The zero-order valence-electron chi connectivity index (χ0n) is 12.7. The number of benzene rings is 1. The zero-order valence-corrected chi connectivity index (χ0v) is 13.5. The summed E-state index contributed by atoms with van der Waals surface area (Å²) in [4.78, 5) is 4.83. The number of nitrogens with zero attached hydrogens (tertiary/aromatic N) is 2. The highest BCUT2D eigenvalue weighted by Crippen LogP contribution is 2.22. The fraction of sp³-hybridized carbons (Fsp3) is 0.588. The normalized spacial score (nSPS) is 19.2. The van der Waals surface area contributed by atoms with Crippen molar-refractivity contribution in [2.45, 2.75) is 58.0 Å². The Morgan fingerprint density at radius 1 is 1.38 bits per heavy atom. The van der Waals surface area contributed by atoms with Crippen molar-refractivity contribution in [3.05, 3.63) is 29.0 Å². The van der Waals surface area contributed by atoms with Crippen molar-refractivity contribution >= 4 is 22.6 Å². The Hall–Kier alpha value is -1.06. The molecule has 2 heterocycles. The summed E-state index contributed by atoms with van der Waals surface area (Å²) < 4.78 is 2.37. The van der Waals surface area contributed by atoms with Gasteiger partial charge >= 0.3 is 0 Å². The molecule has 1 atom stereocenters. The van der Waals surface area contributed by atoms with E-state index >= 15 is 0 Å². The van der Waals surface area contributed by atoms with Gasteiger partial charge in [-0.3, -0.25) is 0 Å². The van der Waals surface area contributed by atoms with Gasteiger partial charge in [0.1, 0.15) is 5.82 Å². The first-order chi connectivity index (χ1) is 10.3. The fourth-order valence-corrected chi connectivity index (χ4v) is 3.46. The smallest absolute Gasteiger partial charge is 0.109 e. The van der Waals surface area contributed by atoms with Crippen LogP contribution in [0.15, 0.2) is 18.2 Å². The van der Waals surface area contributed by atoms with Crippen molar-refractivity contribution in [2.75, 3.05) is 6.54 Å². The molecule has 3 nitrogen and oxygen atoms in total. The van der Waals surface area contributed by atoms with Gasteiger partial charge in [0.2, 0.25) is 0 Å². The van der Waals surface area contributed by atoms with Crippen LogP contribution in [0.2, 0.25) is 5.02 Å². The maximum Gasteiger partial charge on any atom is 0.109 e. The zero-order chi connectivity index (χ0) is 14.7. The average Bonchev–Trinajstić information content (AvgIpc) is 2.84. The third-order valence-corrected chi connectivity index (χ3v) is 4.60. The molecule has 1 fully saturated rings. The molecule has 114 valence electrons. The summed E-state index contributed by atoms with van der Waals surface area (Å²) in [6.07, 6.45) is 7.34. The molecule has 1 aliphatic rings. The summed E-state index contributed by atoms with van der Waals surface area (Å²) in [7, 11) is 0. The molecule has 1 N–H and O–H groups in total. The maximum atomic E-state index is 6.10. The SMILES string of the molecule is CCCn1c(CCC2CCCCN2)nc2cc(Cl)ccc21. The van der Waals surface area contributed by atoms with Gasteiger partial charge in [-0.2, -0.15) is 0 Å². The standard InChI is InChI=1S/C17H24ClN3/c1-2-11-21-16-8-6-13(18)12-15(16)20-17(21)9-7-14-5-3-4-10-19-14/h6,8,12,14,19H,2-5,7,9-11H2,1H3. The number of halogens is 1. The predicted octanol–water partition coefficient (Wildman–Crippen LogP) is 4.17. The lowest BCUT2D eigenvalue weighted by Crippen LogP contribution is -2.34. The van der Waals surface area contributed by atoms with Crippen LogP contribution >= 0.6 is 11.6 Å². The number of fused-ring (bicyclic) bond motifs is 1. The molecule has 0 bridgehead atoms. The van der Waals surface area contributed by atoms with Crippen LogP contribution in [0, 0.1) is 0 Å². The molecule has 0 spiro atoms. The highest BCUT2D eigenvalue weighted by molar-refractivity contribution is 6.31. The molecule has 0 amide bonds. The summed E-state index contributed by atoms with van der Waals surface area (Å²) in [6.45, 7) is 4.42. The molecule has 0 radical (unpaired) electrons. The van der Waals surface area contributed by atoms with Crippen LogP contribution in [0.4, 0.5) is 0 Å². The van der Waals surface area contributed by atoms with E-state index in [-0.39, 0.29) is 0 Å². The number of nitrogens with one attached hydrogen (secondary N) is 1. The summed E-state index contributed by atoms with van der Waals surface area (Å²) in [5.41, 5.74) is 2.25. The topological polar surface area (TPSA) is 29.9 Å². The second kappa shape index (κ2) is 6.80. The van der Waals surface area contributed by atoms with Crippen LogP contribution in [0.3, 0.4) is 0 Å². The lowest BCUT2D eigenvalue weighted by molar-refractivity contribution is 0.379. The second-order valence-corrected chi connectivity index (χ2v) is 6.43. The van der Waals surface area contributed by atoms with Crippen molar-refractivity contribution < 1.29 is 0 Å². The average molecular weight is 306 g/mol. The van der Waals surface area contributed by atoms with Gasteiger partial charge in [-0.15, -0.1) is 0 Å². The number of imidazole rings is 1. The molecule has 1 aromatic carbocycles. The molecule has 2 aromatic rings. The van der Waals surface area contributed by atoms with Gasteiger partial charge in [-0.25, -0.2) is 4.98 Å². The van der Waals surface area contributed by atoms with Crippen LogP contribution in [-0.2, 0) is 13.0 Å². The Labute approximate surface area is 131 Å². The Kier molecular flexibility index (Phi) is 4.81. The van der Waals surface area contributed by atoms with Gasteiger partial charge in [-0.1, -0.05) is 24.9 Å². The maximum absolute atomic E-state index is 6.10. The van der Waals surface area contributed by atoms with Gasteiger partial charge in [-0.05, 0) is 50.4 Å². The first kappa shape index (κ1) is 14.9. The number of aryl methyl sites for hydroxylation is 2. The molecule has 1 aliphatic heterocycles. The highest BCUT2D eigenvalue weighted by atomic mass is 35.5. The number of hydrogen-bond acceptors (Lipinski definition) is 2. The molecular weight excluding hydrogens is 282 g/mol. The monoisotopic (exact) mass is 305 g/mol.